The van der Waals surface area contributed by atoms with Gasteiger partial charge in [0.1, 0.15) is 0 Å². The number of hydrogen-bond acceptors (Lipinski definition) is 3. The number of hydrogen-bond donors (Lipinski definition) is 1. The second kappa shape index (κ2) is 8.22. The molecule has 0 aliphatic heterocycles. The van der Waals surface area contributed by atoms with E-state index in [4.69, 9.17) is 9.47 Å². The molecule has 1 amide bonds. The van der Waals surface area contributed by atoms with Crippen molar-refractivity contribution in [3.05, 3.63) is 59.7 Å². The maximum atomic E-state index is 12.2. The molecule has 0 radical (unpaired) electrons. The third-order valence-electron chi connectivity index (χ3n) is 3.75. The van der Waals surface area contributed by atoms with Crippen molar-refractivity contribution in [1.29, 1.82) is 0 Å². The van der Waals surface area contributed by atoms with E-state index >= 15 is 0 Å². The van der Waals surface area contributed by atoms with Crippen LogP contribution in [-0.4, -0.2) is 20.1 Å². The molecule has 1 atom stereocenters. The molecule has 0 bridgehead atoms. The molecular formula is C19H23NO3. The Hall–Kier alpha value is -2.49. The molecule has 4 heteroatoms. The van der Waals surface area contributed by atoms with Crippen LogP contribution in [0.25, 0.3) is 0 Å². The zero-order chi connectivity index (χ0) is 16.7. The van der Waals surface area contributed by atoms with Crippen LogP contribution in [0.4, 0.5) is 0 Å². The van der Waals surface area contributed by atoms with Crippen molar-refractivity contribution in [2.45, 2.75) is 19.9 Å². The van der Waals surface area contributed by atoms with Crippen molar-refractivity contribution >= 4 is 5.91 Å². The van der Waals surface area contributed by atoms with Gasteiger partial charge < -0.3 is 14.8 Å². The molecule has 1 unspecified atom stereocenters. The maximum absolute atomic E-state index is 12.2. The molecule has 0 saturated heterocycles. The van der Waals surface area contributed by atoms with E-state index in [1.807, 2.05) is 55.5 Å². The van der Waals surface area contributed by atoms with Gasteiger partial charge in [0, 0.05) is 12.5 Å². The molecule has 0 fully saturated rings. The summed E-state index contributed by atoms with van der Waals surface area (Å²) in [5, 5.41) is 2.98. The van der Waals surface area contributed by atoms with E-state index in [1.54, 1.807) is 14.2 Å². The Labute approximate surface area is 137 Å². The van der Waals surface area contributed by atoms with Crippen LogP contribution in [0.3, 0.4) is 0 Å². The third-order valence-corrected chi connectivity index (χ3v) is 3.75. The minimum Gasteiger partial charge on any atom is -0.493 e. The fourth-order valence-electron chi connectivity index (χ4n) is 2.41. The number of amides is 1. The molecule has 0 aromatic heterocycles. The smallest absolute Gasteiger partial charge is 0.223 e. The van der Waals surface area contributed by atoms with Crippen LogP contribution in [0.15, 0.2) is 48.5 Å². The Morgan fingerprint density at radius 2 is 1.70 bits per heavy atom. The predicted octanol–water partition coefficient (Wildman–Crippen LogP) is 3.20. The molecule has 23 heavy (non-hydrogen) atoms. The lowest BCUT2D eigenvalue weighted by atomic mass is 10.00. The highest BCUT2D eigenvalue weighted by Crippen LogP contribution is 2.28. The Bertz CT molecular complexity index is 640. The third kappa shape index (κ3) is 4.74. The van der Waals surface area contributed by atoms with Gasteiger partial charge in [0.05, 0.1) is 14.2 Å². The highest BCUT2D eigenvalue weighted by molar-refractivity contribution is 5.78. The van der Waals surface area contributed by atoms with E-state index in [0.717, 1.165) is 11.1 Å². The minimum absolute atomic E-state index is 0.0450. The summed E-state index contributed by atoms with van der Waals surface area (Å²) in [6.07, 6.45) is 0.654. The summed E-state index contributed by atoms with van der Waals surface area (Å²) in [6, 6.07) is 15.6. The number of methoxy groups -OCH3 is 2. The van der Waals surface area contributed by atoms with Gasteiger partial charge in [0.15, 0.2) is 11.5 Å². The van der Waals surface area contributed by atoms with E-state index in [9.17, 15) is 4.79 Å². The van der Waals surface area contributed by atoms with Gasteiger partial charge in [-0.3, -0.25) is 4.79 Å². The molecular weight excluding hydrogens is 290 g/mol. The van der Waals surface area contributed by atoms with Gasteiger partial charge in [-0.1, -0.05) is 43.3 Å². The number of ether oxygens (including phenoxy) is 2. The Kier molecular flexibility index (Phi) is 6.03. The van der Waals surface area contributed by atoms with Gasteiger partial charge in [-0.2, -0.15) is 0 Å². The first-order valence-corrected chi connectivity index (χ1v) is 7.66. The fourth-order valence-corrected chi connectivity index (χ4v) is 2.41. The van der Waals surface area contributed by atoms with Crippen LogP contribution in [0, 0.1) is 5.92 Å². The molecule has 4 nitrogen and oxygen atoms in total. The standard InChI is InChI=1S/C19H23NO3/c1-14(19(21)20-13-15-7-5-4-6-8-15)11-16-9-10-17(22-2)18(12-16)23-3/h4-10,12,14H,11,13H2,1-3H3,(H,20,21). The molecule has 0 aliphatic rings. The van der Waals surface area contributed by atoms with Gasteiger partial charge in [-0.25, -0.2) is 0 Å². The van der Waals surface area contributed by atoms with Crippen LogP contribution < -0.4 is 14.8 Å². The molecule has 2 aromatic carbocycles. The molecule has 2 rings (SSSR count). The first kappa shape index (κ1) is 16.9. The highest BCUT2D eigenvalue weighted by Gasteiger charge is 2.14. The summed E-state index contributed by atoms with van der Waals surface area (Å²) in [4.78, 5) is 12.2. The molecule has 0 heterocycles. The molecule has 0 spiro atoms. The fraction of sp³-hybridized carbons (Fsp3) is 0.316. The largest absolute Gasteiger partial charge is 0.493 e. The number of carbonyl (C=O) groups excluding carboxylic acids is 1. The Balaban J connectivity index is 1.93. The average Bonchev–Trinajstić information content (AvgIpc) is 2.60. The van der Waals surface area contributed by atoms with E-state index in [-0.39, 0.29) is 11.8 Å². The normalized spacial score (nSPS) is 11.6. The van der Waals surface area contributed by atoms with Crippen LogP contribution in [0.5, 0.6) is 11.5 Å². The number of benzene rings is 2. The van der Waals surface area contributed by atoms with Crippen molar-refractivity contribution < 1.29 is 14.3 Å². The van der Waals surface area contributed by atoms with E-state index in [2.05, 4.69) is 5.32 Å². The van der Waals surface area contributed by atoms with E-state index < -0.39 is 0 Å². The van der Waals surface area contributed by atoms with Gasteiger partial charge in [0.25, 0.3) is 0 Å². The van der Waals surface area contributed by atoms with Crippen molar-refractivity contribution in [2.75, 3.05) is 14.2 Å². The van der Waals surface area contributed by atoms with Crippen molar-refractivity contribution in [3.8, 4) is 11.5 Å². The lowest BCUT2D eigenvalue weighted by Crippen LogP contribution is -2.29. The predicted molar refractivity (Wildman–Crippen MR) is 90.7 cm³/mol. The van der Waals surface area contributed by atoms with Crippen molar-refractivity contribution in [2.24, 2.45) is 5.92 Å². The molecule has 0 aliphatic carbocycles. The molecule has 1 N–H and O–H groups in total. The summed E-state index contributed by atoms with van der Waals surface area (Å²) in [7, 11) is 3.22. The summed E-state index contributed by atoms with van der Waals surface area (Å²) in [5.41, 5.74) is 2.14. The van der Waals surface area contributed by atoms with Crippen LogP contribution in [0.1, 0.15) is 18.1 Å². The Morgan fingerprint density at radius 3 is 2.35 bits per heavy atom. The second-order valence-electron chi connectivity index (χ2n) is 5.50. The van der Waals surface area contributed by atoms with Gasteiger partial charge >= 0.3 is 0 Å². The Morgan fingerprint density at radius 1 is 1.00 bits per heavy atom. The second-order valence-corrected chi connectivity index (χ2v) is 5.50. The highest BCUT2D eigenvalue weighted by atomic mass is 16.5. The summed E-state index contributed by atoms with van der Waals surface area (Å²) in [6.45, 7) is 2.48. The maximum Gasteiger partial charge on any atom is 0.223 e. The van der Waals surface area contributed by atoms with E-state index in [0.29, 0.717) is 24.5 Å². The van der Waals surface area contributed by atoms with Crippen molar-refractivity contribution in [3.63, 3.8) is 0 Å². The van der Waals surface area contributed by atoms with Crippen LogP contribution >= 0.6 is 0 Å². The zero-order valence-corrected chi connectivity index (χ0v) is 13.8. The molecule has 2 aromatic rings. The van der Waals surface area contributed by atoms with E-state index in [1.165, 1.54) is 0 Å². The lowest BCUT2D eigenvalue weighted by molar-refractivity contribution is -0.124. The van der Waals surface area contributed by atoms with Crippen LogP contribution in [-0.2, 0) is 17.8 Å². The van der Waals surface area contributed by atoms with Crippen LogP contribution in [0.2, 0.25) is 0 Å². The first-order valence-electron chi connectivity index (χ1n) is 7.66. The summed E-state index contributed by atoms with van der Waals surface area (Å²) in [5.74, 6) is 1.31. The number of nitrogens with one attached hydrogen (secondary N) is 1. The minimum atomic E-state index is -0.114. The number of carbonyl (C=O) groups is 1. The monoisotopic (exact) mass is 313 g/mol. The number of rotatable bonds is 7. The topological polar surface area (TPSA) is 47.6 Å². The first-order chi connectivity index (χ1) is 11.1. The van der Waals surface area contributed by atoms with Gasteiger partial charge in [-0.15, -0.1) is 0 Å². The summed E-state index contributed by atoms with van der Waals surface area (Å²) >= 11 is 0. The molecule has 122 valence electrons. The lowest BCUT2D eigenvalue weighted by Gasteiger charge is -2.14. The van der Waals surface area contributed by atoms with Crippen molar-refractivity contribution in [1.82, 2.24) is 5.32 Å². The molecule has 0 saturated carbocycles. The quantitative estimate of drug-likeness (QED) is 0.854. The van der Waals surface area contributed by atoms with Gasteiger partial charge in [0.2, 0.25) is 5.91 Å². The summed E-state index contributed by atoms with van der Waals surface area (Å²) < 4.78 is 10.5. The zero-order valence-electron chi connectivity index (χ0n) is 13.8. The SMILES string of the molecule is COc1ccc(CC(C)C(=O)NCc2ccccc2)cc1OC. The average molecular weight is 313 g/mol. The van der Waals surface area contributed by atoms with Gasteiger partial charge in [-0.05, 0) is 29.7 Å².